The molecule has 33 nitrogen and oxygen atoms in total. The van der Waals surface area contributed by atoms with Crippen molar-refractivity contribution in [3.63, 3.8) is 0 Å². The van der Waals surface area contributed by atoms with Crippen molar-refractivity contribution in [2.75, 3.05) is 107 Å². The molecule has 1 spiro atoms. The molecule has 44 heteroatoms. The van der Waals surface area contributed by atoms with E-state index in [4.69, 9.17) is 81.1 Å². The van der Waals surface area contributed by atoms with Gasteiger partial charge in [-0.15, -0.1) is 0 Å². The van der Waals surface area contributed by atoms with Crippen molar-refractivity contribution in [1.29, 1.82) is 0 Å². The lowest BCUT2D eigenvalue weighted by Gasteiger charge is -2.56. The van der Waals surface area contributed by atoms with Crippen LogP contribution in [-0.2, 0) is 92.8 Å². The first kappa shape index (κ1) is 113. The molecule has 6 aliphatic heterocycles. The number of Topliss-reactive ketones (excluding diaryl/α,β-unsaturated/α-hetero) is 7. The first-order valence-electron chi connectivity index (χ1n) is 45.0. The average Bonchev–Trinajstić information content (AvgIpc) is 1.48. The first-order chi connectivity index (χ1) is 66.2. The number of carboxylic acids is 1. The number of ketones is 7. The molecule has 141 heavy (non-hydrogen) atoms. The Morgan fingerprint density at radius 1 is 0.553 bits per heavy atom. The first-order valence-corrected chi connectivity index (χ1v) is 47.3. The lowest BCUT2D eigenvalue weighted by molar-refractivity contribution is -0.148. The minimum absolute atomic E-state index is 0.00570. The monoisotopic (exact) mass is 2080 g/mol. The number of halogens is 11. The maximum Gasteiger partial charge on any atom is 0.330 e. The lowest BCUT2D eigenvalue weighted by Crippen LogP contribution is -2.77. The smallest absolute Gasteiger partial charge is 0.330 e. The third-order valence-corrected chi connectivity index (χ3v) is 26.0. The average molecular weight is 2080 g/mol. The van der Waals surface area contributed by atoms with Crippen molar-refractivity contribution >= 4 is 180 Å². The number of fused-ring (bicyclic) bond motifs is 2. The Hall–Kier alpha value is -11.4. The highest BCUT2D eigenvalue weighted by atomic mass is 35.5. The van der Waals surface area contributed by atoms with E-state index in [-0.39, 0.29) is 115 Å². The molecule has 0 radical (unpaired) electrons. The Bertz CT molecular complexity index is 5970. The number of carbonyl (C=O) groups is 14. The summed E-state index contributed by atoms with van der Waals surface area (Å²) >= 11 is 33.7. The molecule has 1 saturated carbocycles. The number of nitrogen functional groups attached to an aromatic ring is 1. The van der Waals surface area contributed by atoms with Gasteiger partial charge in [0.25, 0.3) is 41.0 Å². The topological polar surface area (TPSA) is 487 Å². The van der Waals surface area contributed by atoms with Crippen LogP contribution in [-0.4, -0.2) is 237 Å². The van der Waals surface area contributed by atoms with Gasteiger partial charge in [0.05, 0.1) is 49.2 Å². The molecule has 6 aromatic carbocycles. The van der Waals surface area contributed by atoms with Crippen LogP contribution in [0.4, 0.5) is 50.6 Å². The molecule has 1 aliphatic carbocycles. The van der Waals surface area contributed by atoms with Gasteiger partial charge in [-0.1, -0.05) is 101 Å². The van der Waals surface area contributed by atoms with Crippen LogP contribution >= 0.6 is 69.6 Å². The lowest BCUT2D eigenvalue weighted by atomic mass is 9.70. The number of hydrogen-bond acceptors (Lipinski definition) is 25. The van der Waals surface area contributed by atoms with Crippen LogP contribution < -0.4 is 70.2 Å². The van der Waals surface area contributed by atoms with Crippen molar-refractivity contribution in [3.8, 4) is 0 Å². The number of carboxylic acid groups (broad SMARTS) is 1. The summed E-state index contributed by atoms with van der Waals surface area (Å²) < 4.78 is 66.9. The predicted molar refractivity (Wildman–Crippen MR) is 526 cm³/mol. The number of nitrogens with one attached hydrogen (secondary N) is 11. The second-order valence-electron chi connectivity index (χ2n) is 36.8. The molecule has 3 unspecified atom stereocenters. The Kier molecular flexibility index (Phi) is 40.2. The van der Waals surface area contributed by atoms with Gasteiger partial charge in [-0.25, -0.2) is 31.7 Å². The predicted octanol–water partition coefficient (Wildman–Crippen LogP) is 10.4. The summed E-state index contributed by atoms with van der Waals surface area (Å²) in [6.07, 6.45) is 9.53. The number of nitrogens with two attached hydrogens (primary N) is 2. The standard InChI is InChI=1S/C18H24ClFN4O2.C18H20ClFN2O3.C17H20ClFN2O2.C16H21ClN2O2.C14H13ClFN5O3.C14H14ClFN2O4/c1-23-8-17(21)7-18(10-23,11-24(2)9-17)22-16(26)15(25)6-12-3-4-13(19)14(20)5-12;1-17(2)9-11(18(3,4)22-17)14(23)8-15(24)16(25)21-10-5-6-12(19)13(20)7-10;18-13-3-2-11(8-14(13)19)9-15(22)16(23)21-12-4-7-20-17(10-12)5-1-6-17;1-2-19-11-3-4-14(19)9-10-15(20)16(21)18-13-7-5-12(17)6-8-13;1-18-14-20-9(11(17)13(24)21-14)5-10(22)12(23)19-6-2-3-7(15)8(16)4-6;15-9-2-1-8(5-10(9)16)6-11(19)12(20)18-14(13(21)22)3-4-17-7-14/h3-5H,6-11,21H2,1-2H3,(H,22,26);5-7,9,22H,8H2,1-4H3,(H,21,25);2-3,8,12,20H,1,4-7,9-10H2,(H,21,23);5-8,14H,2-4,9-11H2,1H3,(H,18,21);2-4H,5,17H2,1H3,(H,19,23)(H2,18,20,21,24);1-2,5,17H,3-4,6-7H2,(H,18,20)(H,21,22). The van der Waals surface area contributed by atoms with Gasteiger partial charge in [0.15, 0.2) is 11.3 Å². The van der Waals surface area contributed by atoms with E-state index in [0.717, 1.165) is 89.4 Å². The van der Waals surface area contributed by atoms with Gasteiger partial charge in [0.2, 0.25) is 40.6 Å². The van der Waals surface area contributed by atoms with E-state index in [2.05, 4.69) is 84.8 Å². The largest absolute Gasteiger partial charge is 0.479 e. The summed E-state index contributed by atoms with van der Waals surface area (Å²) in [6.45, 7) is 15.9. The number of anilines is 5. The molecular formula is C97H112Cl6F5N17O16. The molecule has 7 aliphatic rings. The molecule has 3 atom stereocenters. The summed E-state index contributed by atoms with van der Waals surface area (Å²) in [6, 6.07) is 26.5. The highest BCUT2D eigenvalue weighted by molar-refractivity contribution is 6.45. The molecule has 6 amide bonds. The zero-order valence-corrected chi connectivity index (χ0v) is 83.1. The molecule has 16 N–H and O–H groups in total. The van der Waals surface area contributed by atoms with Gasteiger partial charge in [-0.05, 0) is 246 Å². The van der Waals surface area contributed by atoms with E-state index in [0.29, 0.717) is 65.9 Å². The quantitative estimate of drug-likeness (QED) is 0.0118. The van der Waals surface area contributed by atoms with Gasteiger partial charge in [-0.2, -0.15) is 0 Å². The molecule has 1 aromatic heterocycles. The van der Waals surface area contributed by atoms with Crippen molar-refractivity contribution in [1.82, 2.24) is 56.6 Å². The van der Waals surface area contributed by atoms with Crippen molar-refractivity contribution in [2.45, 2.75) is 183 Å². The number of aromatic amines is 1. The second-order valence-corrected chi connectivity index (χ2v) is 39.3. The summed E-state index contributed by atoms with van der Waals surface area (Å²) in [5.41, 5.74) is 10.3. The highest BCUT2D eigenvalue weighted by Gasteiger charge is 2.52. The number of likely N-dealkylation sites (tertiary alicyclic amines) is 3. The number of likely N-dealkylation sites (N-methyl/N-ethyl adjacent to an activating group) is 2. The fourth-order valence-electron chi connectivity index (χ4n) is 17.8. The van der Waals surface area contributed by atoms with Gasteiger partial charge in [-0.3, -0.25) is 77.4 Å². The molecule has 14 rings (SSSR count). The third-order valence-electron chi connectivity index (χ3n) is 24.2. The van der Waals surface area contributed by atoms with E-state index in [9.17, 15) is 99.0 Å². The van der Waals surface area contributed by atoms with Crippen LogP contribution in [0, 0.1) is 29.1 Å². The minimum atomic E-state index is -1.47. The fourth-order valence-corrected chi connectivity index (χ4v) is 18.5. The van der Waals surface area contributed by atoms with Gasteiger partial charge in [0, 0.05) is 127 Å². The number of hydrogen-bond donors (Lipinski definition) is 14. The van der Waals surface area contributed by atoms with Crippen LogP contribution in [0.25, 0.3) is 0 Å². The summed E-state index contributed by atoms with van der Waals surface area (Å²) in [5.74, 6) is -13.7. The number of rotatable bonds is 29. The number of aromatic nitrogens is 2. The van der Waals surface area contributed by atoms with E-state index in [1.807, 2.05) is 41.8 Å². The number of carbonyl (C=O) groups excluding carboxylic acids is 13. The van der Waals surface area contributed by atoms with Gasteiger partial charge in [0.1, 0.15) is 34.8 Å². The zero-order valence-electron chi connectivity index (χ0n) is 78.6. The summed E-state index contributed by atoms with van der Waals surface area (Å²) in [4.78, 5) is 193. The number of benzene rings is 6. The normalized spacial score (nSPS) is 20.0. The van der Waals surface area contributed by atoms with Crippen molar-refractivity contribution in [2.24, 2.45) is 5.73 Å². The molecule has 7 heterocycles. The maximum atomic E-state index is 13.5. The highest BCUT2D eigenvalue weighted by Crippen LogP contribution is 2.39. The Morgan fingerprint density at radius 2 is 1.02 bits per heavy atom. The van der Waals surface area contributed by atoms with Crippen molar-refractivity contribution < 1.29 is 94.2 Å². The van der Waals surface area contributed by atoms with E-state index >= 15 is 0 Å². The Morgan fingerprint density at radius 3 is 1.48 bits per heavy atom. The number of piperidine rings is 3. The Labute approximate surface area is 840 Å². The fraction of sp³-hybridized carbons (Fsp3) is 0.423. The SMILES string of the molecule is CC1(C)C=C(C(=O)CC(=O)C(=O)Nc2ccc(Cl)c(F)c2)C(C)(C)N1.CCN1CCCC1CCC(=O)C(=O)Nc1ccc(Cl)cc1.CN1CC2(N)CN(C)CC(NC(=O)C(=O)Cc3ccc(Cl)c(F)c3)(C1)C2.CNc1nc(CC(=O)C(=O)Nc2ccc(Cl)c(F)c2)c(N)c(=O)[nH]1.O=C(Cc1ccc(Cl)c(F)c1)C(=O)NC1(C(=O)O)CCNC1.O=C(Cc1ccc(Cl)c(F)c1)C(=O)NC1CCNC2(CCC2)C1. The number of H-pyrrole nitrogens is 1. The van der Waals surface area contributed by atoms with Crippen molar-refractivity contribution in [3.05, 3.63) is 219 Å². The number of nitrogens with zero attached hydrogens (tertiary/aromatic N) is 4. The van der Waals surface area contributed by atoms with Gasteiger partial charge < -0.3 is 79.1 Å². The second kappa shape index (κ2) is 50.0. The van der Waals surface area contributed by atoms with Crippen LogP contribution in [0.2, 0.25) is 30.1 Å². The molecule has 6 fully saturated rings. The van der Waals surface area contributed by atoms with Crippen LogP contribution in [0.3, 0.4) is 0 Å². The number of amides is 6. The summed E-state index contributed by atoms with van der Waals surface area (Å²) in [7, 11) is 5.44. The van der Waals surface area contributed by atoms with E-state index in [1.165, 1.54) is 80.6 Å². The van der Waals surface area contributed by atoms with Gasteiger partial charge >= 0.3 is 5.97 Å². The molecular weight excluding hydrogens is 1970 g/mol. The summed E-state index contributed by atoms with van der Waals surface area (Å²) in [5, 5.41) is 36.9. The minimum Gasteiger partial charge on any atom is -0.479 e. The van der Waals surface area contributed by atoms with E-state index in [1.54, 1.807) is 42.5 Å². The third kappa shape index (κ3) is 32.8. The Balaban J connectivity index is 0.000000189. The number of aliphatic carboxylic acids is 1. The van der Waals surface area contributed by atoms with E-state index < -0.39 is 146 Å². The maximum absolute atomic E-state index is 13.5. The van der Waals surface area contributed by atoms with Crippen LogP contribution in [0.15, 0.2) is 132 Å². The van der Waals surface area contributed by atoms with Crippen LogP contribution in [0.5, 0.6) is 0 Å². The molecule has 2 bridgehead atoms. The molecule has 758 valence electrons. The zero-order chi connectivity index (χ0) is 104. The van der Waals surface area contributed by atoms with Crippen LogP contribution in [0.1, 0.15) is 134 Å². The molecule has 7 aromatic rings. The molecule has 5 saturated heterocycles.